The number of thiazole rings is 1. The van der Waals surface area contributed by atoms with E-state index in [1.165, 1.54) is 11.4 Å². The number of halogens is 3. The summed E-state index contributed by atoms with van der Waals surface area (Å²) in [4.78, 5) is 18.7. The van der Waals surface area contributed by atoms with Crippen LogP contribution in [-0.4, -0.2) is 41.6 Å². The third-order valence-corrected chi connectivity index (χ3v) is 5.66. The van der Waals surface area contributed by atoms with Gasteiger partial charge in [-0.15, -0.1) is 11.3 Å². The molecule has 9 heteroatoms. The summed E-state index contributed by atoms with van der Waals surface area (Å²) >= 11 is 0.989. The minimum atomic E-state index is -0.895. The standard InChI is InChI=1S/C20H19F3N4OS/c21-12-3-2-8-27(10-12)17-6-7-24-9-15(17)25-19(28)16-11-29-20(26-16)18-13(22)4-1-5-14(18)23/h1,4-6,9,11-12,24H,2-3,7-8,10H2,(H,25,28)/t12-/m0/s1. The molecule has 1 atom stereocenters. The molecule has 29 heavy (non-hydrogen) atoms. The molecule has 1 fully saturated rings. The van der Waals surface area contributed by atoms with Crippen LogP contribution in [0.5, 0.6) is 0 Å². The van der Waals surface area contributed by atoms with Crippen LogP contribution >= 0.6 is 11.3 Å². The van der Waals surface area contributed by atoms with Crippen LogP contribution < -0.4 is 10.6 Å². The minimum absolute atomic E-state index is 0.0560. The number of dihydropyridines is 1. The molecule has 2 aliphatic rings. The van der Waals surface area contributed by atoms with Gasteiger partial charge in [0.05, 0.1) is 17.0 Å². The SMILES string of the molecule is O=C(NC1=CNCC=C1N1CCC[C@H](F)C1)c1csc(-c2c(F)cccc2F)n1. The molecule has 0 spiro atoms. The van der Waals surface area contributed by atoms with Crippen molar-refractivity contribution < 1.29 is 18.0 Å². The van der Waals surface area contributed by atoms with Crippen molar-refractivity contribution in [2.24, 2.45) is 0 Å². The fourth-order valence-corrected chi connectivity index (χ4v) is 4.27. The number of nitrogens with zero attached hydrogens (tertiary/aromatic N) is 2. The predicted octanol–water partition coefficient (Wildman–Crippen LogP) is 3.58. The van der Waals surface area contributed by atoms with Gasteiger partial charge in [0.2, 0.25) is 0 Å². The monoisotopic (exact) mass is 420 g/mol. The first kappa shape index (κ1) is 19.5. The average molecular weight is 420 g/mol. The van der Waals surface area contributed by atoms with Crippen LogP contribution in [0.25, 0.3) is 10.6 Å². The fraction of sp³-hybridized carbons (Fsp3) is 0.300. The quantitative estimate of drug-likeness (QED) is 0.794. The third-order valence-electron chi connectivity index (χ3n) is 4.80. The largest absolute Gasteiger partial charge is 0.386 e. The number of piperidine rings is 1. The van der Waals surface area contributed by atoms with Crippen LogP contribution in [0.4, 0.5) is 13.2 Å². The lowest BCUT2D eigenvalue weighted by atomic mass is 10.1. The van der Waals surface area contributed by atoms with Gasteiger partial charge < -0.3 is 15.5 Å². The van der Waals surface area contributed by atoms with Gasteiger partial charge in [-0.2, -0.15) is 0 Å². The number of carbonyl (C=O) groups excluding carboxylic acids is 1. The van der Waals surface area contributed by atoms with Gasteiger partial charge in [-0.1, -0.05) is 6.07 Å². The maximum atomic E-state index is 14.0. The van der Waals surface area contributed by atoms with E-state index in [0.717, 1.165) is 35.6 Å². The third kappa shape index (κ3) is 4.14. The van der Waals surface area contributed by atoms with Gasteiger partial charge in [0.15, 0.2) is 0 Å². The molecule has 5 nitrogen and oxygen atoms in total. The smallest absolute Gasteiger partial charge is 0.275 e. The van der Waals surface area contributed by atoms with E-state index in [1.54, 1.807) is 6.20 Å². The number of nitrogens with one attached hydrogen (secondary N) is 2. The highest BCUT2D eigenvalue weighted by molar-refractivity contribution is 7.13. The average Bonchev–Trinajstić information content (AvgIpc) is 3.18. The number of carbonyl (C=O) groups is 1. The Morgan fingerprint density at radius 1 is 1.31 bits per heavy atom. The van der Waals surface area contributed by atoms with Crippen molar-refractivity contribution in [1.29, 1.82) is 0 Å². The molecule has 2 aliphatic heterocycles. The number of amides is 1. The van der Waals surface area contributed by atoms with Crippen molar-refractivity contribution >= 4 is 17.2 Å². The van der Waals surface area contributed by atoms with Gasteiger partial charge in [0, 0.05) is 31.2 Å². The molecule has 1 saturated heterocycles. The summed E-state index contributed by atoms with van der Waals surface area (Å²) in [6, 6.07) is 3.56. The molecular weight excluding hydrogens is 401 g/mol. The molecule has 0 unspecified atom stereocenters. The minimum Gasteiger partial charge on any atom is -0.386 e. The molecule has 0 radical (unpaired) electrons. The number of aromatic nitrogens is 1. The molecule has 152 valence electrons. The zero-order valence-corrected chi connectivity index (χ0v) is 16.2. The molecule has 0 bridgehead atoms. The Hall–Kier alpha value is -2.81. The number of rotatable bonds is 4. The van der Waals surface area contributed by atoms with Gasteiger partial charge in [-0.25, -0.2) is 18.2 Å². The highest BCUT2D eigenvalue weighted by atomic mass is 32.1. The molecule has 0 saturated carbocycles. The maximum Gasteiger partial charge on any atom is 0.275 e. The highest BCUT2D eigenvalue weighted by Crippen LogP contribution is 2.29. The number of hydrogen-bond acceptors (Lipinski definition) is 5. The number of alkyl halides is 1. The highest BCUT2D eigenvalue weighted by Gasteiger charge is 2.25. The van der Waals surface area contributed by atoms with Crippen LogP contribution in [0.3, 0.4) is 0 Å². The van der Waals surface area contributed by atoms with Crippen molar-refractivity contribution in [3.8, 4) is 10.6 Å². The van der Waals surface area contributed by atoms with E-state index in [1.807, 2.05) is 11.0 Å². The first-order valence-corrected chi connectivity index (χ1v) is 10.2. The molecule has 1 aromatic carbocycles. The summed E-state index contributed by atoms with van der Waals surface area (Å²) in [7, 11) is 0. The van der Waals surface area contributed by atoms with E-state index < -0.39 is 23.7 Å². The lowest BCUT2D eigenvalue weighted by molar-refractivity contribution is 0.0958. The van der Waals surface area contributed by atoms with E-state index in [2.05, 4.69) is 15.6 Å². The second kappa shape index (κ2) is 8.28. The Morgan fingerprint density at radius 2 is 2.10 bits per heavy atom. The van der Waals surface area contributed by atoms with E-state index in [-0.39, 0.29) is 22.8 Å². The number of hydrogen-bond donors (Lipinski definition) is 2. The van der Waals surface area contributed by atoms with Crippen molar-refractivity contribution in [3.63, 3.8) is 0 Å². The molecule has 1 aromatic heterocycles. The Labute approximate surface area is 169 Å². The maximum absolute atomic E-state index is 14.0. The molecule has 2 N–H and O–H groups in total. The van der Waals surface area contributed by atoms with Crippen molar-refractivity contribution in [1.82, 2.24) is 20.5 Å². The lowest BCUT2D eigenvalue weighted by Gasteiger charge is -2.35. The lowest BCUT2D eigenvalue weighted by Crippen LogP contribution is -2.40. The van der Waals surface area contributed by atoms with Crippen molar-refractivity contribution in [2.75, 3.05) is 19.6 Å². The summed E-state index contributed by atoms with van der Waals surface area (Å²) < 4.78 is 41.8. The number of likely N-dealkylation sites (tertiary alicyclic amines) is 1. The summed E-state index contributed by atoms with van der Waals surface area (Å²) in [5, 5.41) is 7.35. The first-order valence-electron chi connectivity index (χ1n) is 9.27. The van der Waals surface area contributed by atoms with Crippen molar-refractivity contribution in [2.45, 2.75) is 19.0 Å². The second-order valence-corrected chi connectivity index (χ2v) is 7.69. The molecule has 3 heterocycles. The Kier molecular flexibility index (Phi) is 5.57. The number of benzene rings is 1. The molecule has 1 amide bonds. The predicted molar refractivity (Wildman–Crippen MR) is 105 cm³/mol. The van der Waals surface area contributed by atoms with Gasteiger partial charge in [-0.3, -0.25) is 4.79 Å². The first-order chi connectivity index (χ1) is 14.0. The van der Waals surface area contributed by atoms with Crippen LogP contribution in [0, 0.1) is 11.6 Å². The van der Waals surface area contributed by atoms with Gasteiger partial charge in [0.25, 0.3) is 5.91 Å². The summed E-state index contributed by atoms with van der Waals surface area (Å²) in [5.74, 6) is -1.97. The van der Waals surface area contributed by atoms with Crippen LogP contribution in [0.2, 0.25) is 0 Å². The molecule has 4 rings (SSSR count). The zero-order chi connectivity index (χ0) is 20.4. The Morgan fingerprint density at radius 3 is 2.86 bits per heavy atom. The molecule has 0 aliphatic carbocycles. The molecular formula is C20H19F3N4OS. The molecule has 2 aromatic rings. The second-order valence-electron chi connectivity index (χ2n) is 6.83. The van der Waals surface area contributed by atoms with Gasteiger partial charge >= 0.3 is 0 Å². The van der Waals surface area contributed by atoms with Crippen LogP contribution in [0.15, 0.2) is 47.2 Å². The van der Waals surface area contributed by atoms with Gasteiger partial charge in [-0.05, 0) is 31.1 Å². The zero-order valence-electron chi connectivity index (χ0n) is 15.4. The normalized spacial score (nSPS) is 19.3. The van der Waals surface area contributed by atoms with Crippen LogP contribution in [-0.2, 0) is 0 Å². The summed E-state index contributed by atoms with van der Waals surface area (Å²) in [5.41, 5.74) is 1.08. The van der Waals surface area contributed by atoms with E-state index in [4.69, 9.17) is 0 Å². The van der Waals surface area contributed by atoms with Crippen molar-refractivity contribution in [3.05, 3.63) is 64.6 Å². The van der Waals surface area contributed by atoms with E-state index >= 15 is 0 Å². The summed E-state index contributed by atoms with van der Waals surface area (Å²) in [6.07, 6.45) is 3.96. The Balaban J connectivity index is 1.51. The summed E-state index contributed by atoms with van der Waals surface area (Å²) in [6.45, 7) is 1.58. The fourth-order valence-electron chi connectivity index (χ4n) is 3.43. The van der Waals surface area contributed by atoms with Gasteiger partial charge in [0.1, 0.15) is 28.5 Å². The Bertz CT molecular complexity index is 968. The topological polar surface area (TPSA) is 57.3 Å². The van der Waals surface area contributed by atoms with E-state index in [0.29, 0.717) is 25.2 Å². The van der Waals surface area contributed by atoms with Crippen LogP contribution in [0.1, 0.15) is 23.3 Å². The van der Waals surface area contributed by atoms with E-state index in [9.17, 15) is 18.0 Å².